The molecule has 1 N–H and O–H groups in total. The molecule has 0 bridgehead atoms. The lowest BCUT2D eigenvalue weighted by molar-refractivity contribution is -0.191. The minimum absolute atomic E-state index is 0.0297. The third-order valence-corrected chi connectivity index (χ3v) is 5.15. The molecule has 0 amide bonds. The van der Waals surface area contributed by atoms with Crippen LogP contribution in [0.5, 0.6) is 11.5 Å². The van der Waals surface area contributed by atoms with Crippen LogP contribution in [0.4, 0.5) is 13.2 Å². The molecule has 0 heterocycles. The van der Waals surface area contributed by atoms with Crippen molar-refractivity contribution in [3.8, 4) is 11.5 Å². The summed E-state index contributed by atoms with van der Waals surface area (Å²) in [6.07, 6.45) is -3.60. The molecule has 0 aromatic heterocycles. The summed E-state index contributed by atoms with van der Waals surface area (Å²) in [6.45, 7) is 5.17. The fraction of sp³-hybridized carbons (Fsp3) is 0.500. The summed E-state index contributed by atoms with van der Waals surface area (Å²) >= 11 is 0. The van der Waals surface area contributed by atoms with Gasteiger partial charge in [0.05, 0.1) is 14.2 Å². The molecule has 0 radical (unpaired) electrons. The highest BCUT2D eigenvalue weighted by Crippen LogP contribution is 2.46. The van der Waals surface area contributed by atoms with Crippen LogP contribution in [0.1, 0.15) is 50.8 Å². The van der Waals surface area contributed by atoms with Crippen LogP contribution in [0.15, 0.2) is 35.4 Å². The summed E-state index contributed by atoms with van der Waals surface area (Å²) in [5.74, 6) is 0.461. The van der Waals surface area contributed by atoms with Gasteiger partial charge in [-0.25, -0.2) is 0 Å². The highest BCUT2D eigenvalue weighted by Gasteiger charge is 2.42. The SMILES string of the molecule is COc1ccc(C(O)C2=C(C)C(=O)C=CC2(C)OCC(F)(F)F)c(OC)c1C(C)C. The van der Waals surface area contributed by atoms with E-state index in [0.717, 1.165) is 6.08 Å². The van der Waals surface area contributed by atoms with E-state index in [1.54, 1.807) is 12.1 Å². The average Bonchev–Trinajstić information content (AvgIpc) is 2.67. The molecule has 8 heteroatoms. The molecule has 1 aliphatic carbocycles. The van der Waals surface area contributed by atoms with E-state index in [9.17, 15) is 23.1 Å². The lowest BCUT2D eigenvalue weighted by Gasteiger charge is -2.36. The Balaban J connectivity index is 2.63. The van der Waals surface area contributed by atoms with E-state index in [0.29, 0.717) is 22.6 Å². The van der Waals surface area contributed by atoms with Gasteiger partial charge in [-0.05, 0) is 44.1 Å². The summed E-state index contributed by atoms with van der Waals surface area (Å²) in [6, 6.07) is 3.22. The minimum Gasteiger partial charge on any atom is -0.496 e. The number of alkyl halides is 3. The molecule has 2 rings (SSSR count). The van der Waals surface area contributed by atoms with Crippen LogP contribution >= 0.6 is 0 Å². The zero-order chi connectivity index (χ0) is 22.9. The highest BCUT2D eigenvalue weighted by molar-refractivity contribution is 6.05. The molecule has 0 aliphatic heterocycles. The first-order chi connectivity index (χ1) is 13.9. The van der Waals surface area contributed by atoms with Crippen molar-refractivity contribution in [1.82, 2.24) is 0 Å². The second-order valence-corrected chi connectivity index (χ2v) is 7.61. The molecule has 166 valence electrons. The van der Waals surface area contributed by atoms with Crippen molar-refractivity contribution < 1.29 is 37.3 Å². The highest BCUT2D eigenvalue weighted by atomic mass is 19.4. The number of aliphatic hydroxyl groups is 1. The normalized spacial score (nSPS) is 20.7. The monoisotopic (exact) mass is 428 g/mol. The molecule has 1 aliphatic rings. The van der Waals surface area contributed by atoms with Crippen molar-refractivity contribution in [2.24, 2.45) is 0 Å². The number of methoxy groups -OCH3 is 2. The second kappa shape index (κ2) is 8.81. The van der Waals surface area contributed by atoms with Gasteiger partial charge in [-0.1, -0.05) is 13.8 Å². The van der Waals surface area contributed by atoms with E-state index in [1.165, 1.54) is 34.1 Å². The first-order valence-corrected chi connectivity index (χ1v) is 9.44. The summed E-state index contributed by atoms with van der Waals surface area (Å²) in [5, 5.41) is 11.3. The molecule has 0 saturated carbocycles. The molecular formula is C22H27F3O5. The Bertz CT molecular complexity index is 870. The maximum Gasteiger partial charge on any atom is 0.411 e. The lowest BCUT2D eigenvalue weighted by Crippen LogP contribution is -2.39. The Hall–Kier alpha value is -2.32. The standard InChI is InChI=1S/C22H27F3O5/c1-12(2)17-16(28-5)8-7-14(20(17)29-6)19(27)18-13(3)15(26)9-10-21(18,4)30-11-22(23,24)25/h7-10,12,19,27H,11H2,1-6H3. The third-order valence-electron chi connectivity index (χ3n) is 5.15. The van der Waals surface area contributed by atoms with Gasteiger partial charge in [0.25, 0.3) is 0 Å². The second-order valence-electron chi connectivity index (χ2n) is 7.61. The topological polar surface area (TPSA) is 65.0 Å². The molecule has 5 nitrogen and oxygen atoms in total. The van der Waals surface area contributed by atoms with Gasteiger partial charge in [-0.3, -0.25) is 4.79 Å². The van der Waals surface area contributed by atoms with Crippen molar-refractivity contribution in [2.45, 2.75) is 51.5 Å². The molecule has 0 fully saturated rings. The van der Waals surface area contributed by atoms with E-state index in [-0.39, 0.29) is 17.1 Å². The van der Waals surface area contributed by atoms with E-state index in [1.807, 2.05) is 13.8 Å². The Morgan fingerprint density at radius 3 is 2.30 bits per heavy atom. The minimum atomic E-state index is -4.56. The zero-order valence-electron chi connectivity index (χ0n) is 17.9. The molecule has 1 aromatic rings. The van der Waals surface area contributed by atoms with E-state index < -0.39 is 30.3 Å². The first-order valence-electron chi connectivity index (χ1n) is 9.44. The Kier molecular flexibility index (Phi) is 7.04. The summed E-state index contributed by atoms with van der Waals surface area (Å²) in [5.41, 5.74) is -0.460. The van der Waals surface area contributed by atoms with Crippen LogP contribution in [0.3, 0.4) is 0 Å². The lowest BCUT2D eigenvalue weighted by atomic mass is 9.79. The maximum absolute atomic E-state index is 12.8. The number of hydrogen-bond donors (Lipinski definition) is 1. The number of aliphatic hydroxyl groups excluding tert-OH is 1. The van der Waals surface area contributed by atoms with Crippen molar-refractivity contribution in [3.05, 3.63) is 46.6 Å². The Labute approximate surface area is 174 Å². The maximum atomic E-state index is 12.8. The third kappa shape index (κ3) is 4.70. The number of halogens is 3. The number of hydrogen-bond acceptors (Lipinski definition) is 5. The number of carbonyl (C=O) groups is 1. The first kappa shape index (κ1) is 24.0. The van der Waals surface area contributed by atoms with Crippen LogP contribution in [0.2, 0.25) is 0 Å². The van der Waals surface area contributed by atoms with Crippen LogP contribution in [-0.4, -0.2) is 43.5 Å². The molecule has 2 atom stereocenters. The van der Waals surface area contributed by atoms with Crippen molar-refractivity contribution in [1.29, 1.82) is 0 Å². The van der Waals surface area contributed by atoms with Crippen LogP contribution in [-0.2, 0) is 9.53 Å². The average molecular weight is 428 g/mol. The fourth-order valence-electron chi connectivity index (χ4n) is 3.71. The van der Waals surface area contributed by atoms with E-state index >= 15 is 0 Å². The number of carbonyl (C=O) groups excluding carboxylic acids is 1. The summed E-state index contributed by atoms with van der Waals surface area (Å²) in [7, 11) is 2.94. The fourth-order valence-corrected chi connectivity index (χ4v) is 3.71. The van der Waals surface area contributed by atoms with Crippen molar-refractivity contribution in [2.75, 3.05) is 20.8 Å². The largest absolute Gasteiger partial charge is 0.496 e. The van der Waals surface area contributed by atoms with Gasteiger partial charge >= 0.3 is 6.18 Å². The predicted molar refractivity (Wildman–Crippen MR) is 106 cm³/mol. The van der Waals surface area contributed by atoms with Gasteiger partial charge in [0, 0.05) is 22.3 Å². The van der Waals surface area contributed by atoms with E-state index in [2.05, 4.69) is 0 Å². The van der Waals surface area contributed by atoms with Crippen LogP contribution in [0.25, 0.3) is 0 Å². The van der Waals surface area contributed by atoms with Crippen molar-refractivity contribution in [3.63, 3.8) is 0 Å². The van der Waals surface area contributed by atoms with Crippen molar-refractivity contribution >= 4 is 5.78 Å². The van der Waals surface area contributed by atoms with Gasteiger partial charge in [-0.15, -0.1) is 0 Å². The number of allylic oxidation sites excluding steroid dienone is 2. The van der Waals surface area contributed by atoms with Gasteiger partial charge < -0.3 is 19.3 Å². The van der Waals surface area contributed by atoms with Gasteiger partial charge in [-0.2, -0.15) is 13.2 Å². The quantitative estimate of drug-likeness (QED) is 0.685. The van der Waals surface area contributed by atoms with Gasteiger partial charge in [0.2, 0.25) is 0 Å². The molecule has 2 unspecified atom stereocenters. The van der Waals surface area contributed by atoms with Crippen LogP contribution in [0, 0.1) is 0 Å². The smallest absolute Gasteiger partial charge is 0.411 e. The molecule has 0 spiro atoms. The summed E-state index contributed by atoms with van der Waals surface area (Å²) < 4.78 is 54.6. The van der Waals surface area contributed by atoms with Gasteiger partial charge in [0.15, 0.2) is 5.78 Å². The van der Waals surface area contributed by atoms with Crippen LogP contribution < -0.4 is 9.47 Å². The zero-order valence-corrected chi connectivity index (χ0v) is 17.9. The predicted octanol–water partition coefficient (Wildman–Crippen LogP) is 4.65. The van der Waals surface area contributed by atoms with E-state index in [4.69, 9.17) is 14.2 Å². The molecular weight excluding hydrogens is 401 g/mol. The van der Waals surface area contributed by atoms with Gasteiger partial charge in [0.1, 0.15) is 29.8 Å². The molecule has 0 saturated heterocycles. The number of ketones is 1. The summed E-state index contributed by atoms with van der Waals surface area (Å²) in [4.78, 5) is 12.3. The number of ether oxygens (including phenoxy) is 3. The molecule has 30 heavy (non-hydrogen) atoms. The Morgan fingerprint density at radius 1 is 1.17 bits per heavy atom. The molecule has 1 aromatic carbocycles. The Morgan fingerprint density at radius 2 is 1.80 bits per heavy atom. The number of benzene rings is 1. The number of rotatable bonds is 7.